The Hall–Kier alpha value is -0.340. The van der Waals surface area contributed by atoms with Crippen molar-refractivity contribution in [3.63, 3.8) is 0 Å². The molecule has 1 aliphatic carbocycles. The van der Waals surface area contributed by atoms with Crippen molar-refractivity contribution in [1.82, 2.24) is 15.5 Å². The first-order valence-corrected chi connectivity index (χ1v) is 9.42. The average molecular weight is 450 g/mol. The predicted molar refractivity (Wildman–Crippen MR) is 112 cm³/mol. The fourth-order valence-electron chi connectivity index (χ4n) is 2.59. The van der Waals surface area contributed by atoms with Crippen LogP contribution in [0.15, 0.2) is 22.5 Å². The van der Waals surface area contributed by atoms with Crippen LogP contribution >= 0.6 is 35.3 Å². The lowest BCUT2D eigenvalue weighted by Gasteiger charge is -2.21. The van der Waals surface area contributed by atoms with Crippen LogP contribution in [0.5, 0.6) is 0 Å². The summed E-state index contributed by atoms with van der Waals surface area (Å²) in [5, 5.41) is 8.95. The van der Waals surface area contributed by atoms with E-state index in [0.29, 0.717) is 5.92 Å². The topological polar surface area (TPSA) is 39.7 Å². The third-order valence-corrected chi connectivity index (χ3v) is 5.16. The molecule has 0 aliphatic heterocycles. The Morgan fingerprint density at radius 2 is 2.17 bits per heavy atom. The number of thiophene rings is 1. The van der Waals surface area contributed by atoms with Crippen molar-refractivity contribution in [3.8, 4) is 0 Å². The third kappa shape index (κ3) is 7.39. The van der Waals surface area contributed by atoms with Gasteiger partial charge in [0.05, 0.1) is 6.54 Å². The molecule has 0 saturated heterocycles. The maximum Gasteiger partial charge on any atom is 0.191 e. The zero-order valence-electron chi connectivity index (χ0n) is 14.5. The first kappa shape index (κ1) is 20.7. The van der Waals surface area contributed by atoms with E-state index in [1.54, 1.807) is 0 Å². The highest BCUT2D eigenvalue weighted by Crippen LogP contribution is 2.25. The lowest BCUT2D eigenvalue weighted by Crippen LogP contribution is -2.42. The summed E-state index contributed by atoms with van der Waals surface area (Å²) in [6.07, 6.45) is 2.75. The summed E-state index contributed by atoms with van der Waals surface area (Å²) in [5.41, 5.74) is 0. The van der Waals surface area contributed by atoms with E-state index in [-0.39, 0.29) is 24.0 Å². The number of guanidine groups is 1. The van der Waals surface area contributed by atoms with Crippen LogP contribution < -0.4 is 10.6 Å². The maximum atomic E-state index is 4.74. The van der Waals surface area contributed by atoms with Crippen molar-refractivity contribution < 1.29 is 0 Å². The molecule has 6 heteroatoms. The number of halogens is 1. The summed E-state index contributed by atoms with van der Waals surface area (Å²) in [6.45, 7) is 11.5. The van der Waals surface area contributed by atoms with E-state index >= 15 is 0 Å². The van der Waals surface area contributed by atoms with Gasteiger partial charge in [-0.3, -0.25) is 9.89 Å². The van der Waals surface area contributed by atoms with Crippen molar-refractivity contribution in [2.24, 2.45) is 4.99 Å². The highest BCUT2D eigenvalue weighted by Gasteiger charge is 2.27. The van der Waals surface area contributed by atoms with Gasteiger partial charge in [-0.05, 0) is 37.8 Å². The van der Waals surface area contributed by atoms with Crippen LogP contribution in [0.25, 0.3) is 0 Å². The van der Waals surface area contributed by atoms with E-state index in [1.807, 2.05) is 11.3 Å². The Morgan fingerprint density at radius 1 is 1.39 bits per heavy atom. The molecule has 1 aromatic rings. The zero-order valence-corrected chi connectivity index (χ0v) is 17.7. The third-order valence-electron chi connectivity index (χ3n) is 4.06. The molecule has 132 valence electrons. The number of nitrogens with zero attached hydrogens (tertiary/aromatic N) is 2. The van der Waals surface area contributed by atoms with Gasteiger partial charge >= 0.3 is 0 Å². The SMILES string of the molecule is CCNC(=NCC(C)c1cccs1)NCCN(CC)C1CC1.I. The Morgan fingerprint density at radius 3 is 2.74 bits per heavy atom. The van der Waals surface area contributed by atoms with Crippen LogP contribution in [0.1, 0.15) is 44.4 Å². The Balaban J connectivity index is 0.00000264. The standard InChI is InChI=1S/C17H30N4S.HI/c1-4-18-17(19-10-11-21(5-2)15-8-9-15)20-13-14(3)16-7-6-12-22-16;/h6-7,12,14-15H,4-5,8-11,13H2,1-3H3,(H2,18,19,20);1H. The molecule has 1 heterocycles. The molecule has 0 radical (unpaired) electrons. The minimum Gasteiger partial charge on any atom is -0.357 e. The van der Waals surface area contributed by atoms with Gasteiger partial charge in [-0.1, -0.05) is 19.9 Å². The van der Waals surface area contributed by atoms with E-state index in [4.69, 9.17) is 4.99 Å². The molecule has 1 atom stereocenters. The second-order valence-corrected chi connectivity index (χ2v) is 6.90. The Kier molecular flexibility index (Phi) is 10.1. The van der Waals surface area contributed by atoms with Crippen LogP contribution in [-0.4, -0.2) is 49.6 Å². The number of hydrogen-bond donors (Lipinski definition) is 2. The van der Waals surface area contributed by atoms with Gasteiger partial charge in [0.2, 0.25) is 0 Å². The molecule has 2 N–H and O–H groups in total. The molecular formula is C17H31IN4S. The summed E-state index contributed by atoms with van der Waals surface area (Å²) in [5.74, 6) is 1.42. The monoisotopic (exact) mass is 450 g/mol. The molecule has 0 bridgehead atoms. The maximum absolute atomic E-state index is 4.74. The molecule has 2 rings (SSSR count). The van der Waals surface area contributed by atoms with Gasteiger partial charge in [0, 0.05) is 36.5 Å². The number of nitrogens with one attached hydrogen (secondary N) is 2. The first-order valence-electron chi connectivity index (χ1n) is 8.54. The fourth-order valence-corrected chi connectivity index (χ4v) is 3.37. The number of rotatable bonds is 9. The molecule has 0 amide bonds. The lowest BCUT2D eigenvalue weighted by molar-refractivity contribution is 0.282. The number of likely N-dealkylation sites (N-methyl/N-ethyl adjacent to an activating group) is 1. The minimum absolute atomic E-state index is 0. The molecule has 0 aromatic carbocycles. The summed E-state index contributed by atoms with van der Waals surface area (Å²) < 4.78 is 0. The van der Waals surface area contributed by atoms with Crippen molar-refractivity contribution in [2.45, 2.75) is 45.6 Å². The summed E-state index contributed by atoms with van der Waals surface area (Å²) in [6, 6.07) is 5.14. The first-order chi connectivity index (χ1) is 10.7. The van der Waals surface area contributed by atoms with Gasteiger partial charge < -0.3 is 10.6 Å². The highest BCUT2D eigenvalue weighted by atomic mass is 127. The van der Waals surface area contributed by atoms with E-state index in [9.17, 15) is 0 Å². The largest absolute Gasteiger partial charge is 0.357 e. The van der Waals surface area contributed by atoms with Crippen LogP contribution in [-0.2, 0) is 0 Å². The van der Waals surface area contributed by atoms with Gasteiger partial charge in [-0.15, -0.1) is 35.3 Å². The molecule has 1 saturated carbocycles. The average Bonchev–Trinajstić information content (AvgIpc) is 3.21. The van der Waals surface area contributed by atoms with Gasteiger partial charge in [0.25, 0.3) is 0 Å². The normalized spacial score (nSPS) is 16.1. The molecule has 1 fully saturated rings. The van der Waals surface area contributed by atoms with E-state index < -0.39 is 0 Å². The van der Waals surface area contributed by atoms with Crippen LogP contribution in [0.2, 0.25) is 0 Å². The Bertz CT molecular complexity index is 445. The Labute approximate surface area is 162 Å². The summed E-state index contributed by atoms with van der Waals surface area (Å²) in [7, 11) is 0. The van der Waals surface area contributed by atoms with Crippen molar-refractivity contribution in [2.75, 3.05) is 32.7 Å². The van der Waals surface area contributed by atoms with Crippen molar-refractivity contribution in [3.05, 3.63) is 22.4 Å². The number of hydrogen-bond acceptors (Lipinski definition) is 3. The van der Waals surface area contributed by atoms with Crippen molar-refractivity contribution in [1.29, 1.82) is 0 Å². The van der Waals surface area contributed by atoms with Gasteiger partial charge in [0.15, 0.2) is 5.96 Å². The van der Waals surface area contributed by atoms with Crippen LogP contribution in [0.4, 0.5) is 0 Å². The molecule has 1 aromatic heterocycles. The second kappa shape index (κ2) is 11.3. The van der Waals surface area contributed by atoms with E-state index in [2.05, 4.69) is 53.8 Å². The van der Waals surface area contributed by atoms with E-state index in [0.717, 1.165) is 44.7 Å². The second-order valence-electron chi connectivity index (χ2n) is 5.92. The predicted octanol–water partition coefficient (Wildman–Crippen LogP) is 3.51. The lowest BCUT2D eigenvalue weighted by atomic mass is 10.1. The highest BCUT2D eigenvalue weighted by molar-refractivity contribution is 14.0. The van der Waals surface area contributed by atoms with E-state index in [1.165, 1.54) is 17.7 Å². The zero-order chi connectivity index (χ0) is 15.8. The fraction of sp³-hybridized carbons (Fsp3) is 0.706. The summed E-state index contributed by atoms with van der Waals surface area (Å²) >= 11 is 1.81. The molecule has 23 heavy (non-hydrogen) atoms. The quantitative estimate of drug-likeness (QED) is 0.344. The van der Waals surface area contributed by atoms with Gasteiger partial charge in [-0.2, -0.15) is 0 Å². The number of aliphatic imine (C=N–C) groups is 1. The van der Waals surface area contributed by atoms with Crippen LogP contribution in [0.3, 0.4) is 0 Å². The smallest absolute Gasteiger partial charge is 0.191 e. The molecule has 1 aliphatic rings. The molecule has 1 unspecified atom stereocenters. The molecule has 0 spiro atoms. The van der Waals surface area contributed by atoms with Crippen molar-refractivity contribution >= 4 is 41.3 Å². The molecular weight excluding hydrogens is 419 g/mol. The minimum atomic E-state index is 0. The van der Waals surface area contributed by atoms with Gasteiger partial charge in [0.1, 0.15) is 0 Å². The molecule has 4 nitrogen and oxygen atoms in total. The summed E-state index contributed by atoms with van der Waals surface area (Å²) in [4.78, 5) is 8.70. The van der Waals surface area contributed by atoms with Gasteiger partial charge in [-0.25, -0.2) is 0 Å². The van der Waals surface area contributed by atoms with Crippen LogP contribution in [0, 0.1) is 0 Å².